The maximum atomic E-state index is 13.9. The first-order valence-electron chi connectivity index (χ1n) is 6.92. The van der Waals surface area contributed by atoms with Crippen LogP contribution >= 0.6 is 0 Å². The average molecular weight is 271 g/mol. The minimum Gasteiger partial charge on any atom is -0.399 e. The van der Waals surface area contributed by atoms with Gasteiger partial charge in [0.2, 0.25) is 0 Å². The van der Waals surface area contributed by atoms with Gasteiger partial charge >= 0.3 is 0 Å². The molecule has 2 heterocycles. The molecule has 0 radical (unpaired) electrons. The molecule has 1 aliphatic heterocycles. The summed E-state index contributed by atoms with van der Waals surface area (Å²) >= 11 is 0. The van der Waals surface area contributed by atoms with E-state index in [1.165, 1.54) is 11.6 Å². The van der Waals surface area contributed by atoms with Crippen LogP contribution in [0.2, 0.25) is 0 Å². The van der Waals surface area contributed by atoms with Crippen LogP contribution in [0.3, 0.4) is 0 Å². The van der Waals surface area contributed by atoms with Crippen LogP contribution in [0.25, 0.3) is 0 Å². The van der Waals surface area contributed by atoms with E-state index in [9.17, 15) is 4.39 Å². The van der Waals surface area contributed by atoms with Crippen LogP contribution in [0.1, 0.15) is 30.0 Å². The first-order valence-corrected chi connectivity index (χ1v) is 6.92. The van der Waals surface area contributed by atoms with Gasteiger partial charge in [-0.15, -0.1) is 0 Å². The number of anilines is 1. The quantitative estimate of drug-likeness (QED) is 0.872. The number of hydrogen-bond acceptors (Lipinski definition) is 3. The van der Waals surface area contributed by atoms with Crippen molar-refractivity contribution < 1.29 is 4.39 Å². The molecule has 0 spiro atoms. The molecular weight excluding hydrogens is 253 g/mol. The van der Waals surface area contributed by atoms with Gasteiger partial charge in [0, 0.05) is 36.2 Å². The number of pyridine rings is 1. The van der Waals surface area contributed by atoms with Crippen molar-refractivity contribution in [1.82, 2.24) is 9.88 Å². The number of nitrogens with zero attached hydrogens (tertiary/aromatic N) is 2. The number of benzene rings is 1. The highest BCUT2D eigenvalue weighted by molar-refractivity contribution is 5.40. The van der Waals surface area contributed by atoms with E-state index in [0.29, 0.717) is 23.8 Å². The molecule has 1 saturated heterocycles. The number of halogens is 1. The molecule has 1 atom stereocenters. The van der Waals surface area contributed by atoms with Gasteiger partial charge in [-0.1, -0.05) is 6.07 Å². The van der Waals surface area contributed by atoms with Crippen LogP contribution in [0, 0.1) is 5.82 Å². The molecule has 1 aromatic carbocycles. The molecule has 0 aliphatic carbocycles. The summed E-state index contributed by atoms with van der Waals surface area (Å²) in [5, 5.41) is 0. The van der Waals surface area contributed by atoms with Crippen LogP contribution in [0.15, 0.2) is 42.7 Å². The highest BCUT2D eigenvalue weighted by Crippen LogP contribution is 2.33. The third-order valence-corrected chi connectivity index (χ3v) is 3.91. The van der Waals surface area contributed by atoms with Gasteiger partial charge in [-0.2, -0.15) is 0 Å². The minimum absolute atomic E-state index is 0.217. The molecule has 1 fully saturated rings. The lowest BCUT2D eigenvalue weighted by molar-refractivity contribution is 0.245. The number of hydrogen-bond donors (Lipinski definition) is 1. The summed E-state index contributed by atoms with van der Waals surface area (Å²) in [4.78, 5) is 6.38. The molecule has 2 aromatic rings. The van der Waals surface area contributed by atoms with Crippen molar-refractivity contribution in [2.45, 2.75) is 25.4 Å². The van der Waals surface area contributed by atoms with E-state index in [1.807, 2.05) is 24.5 Å². The Morgan fingerprint density at radius 1 is 1.25 bits per heavy atom. The number of likely N-dealkylation sites (tertiary alicyclic amines) is 1. The Morgan fingerprint density at radius 2 is 2.05 bits per heavy atom. The van der Waals surface area contributed by atoms with Gasteiger partial charge in [-0.3, -0.25) is 9.88 Å². The molecular formula is C16H18FN3. The normalized spacial score (nSPS) is 19.4. The monoisotopic (exact) mass is 271 g/mol. The molecule has 1 aromatic heterocycles. The van der Waals surface area contributed by atoms with Crippen molar-refractivity contribution in [1.29, 1.82) is 0 Å². The Labute approximate surface area is 118 Å². The second kappa shape index (κ2) is 5.59. The Hall–Kier alpha value is -1.94. The first kappa shape index (κ1) is 13.1. The summed E-state index contributed by atoms with van der Waals surface area (Å²) < 4.78 is 13.9. The maximum Gasteiger partial charge on any atom is 0.129 e. The Morgan fingerprint density at radius 3 is 2.80 bits per heavy atom. The minimum atomic E-state index is -0.217. The third-order valence-electron chi connectivity index (χ3n) is 3.91. The van der Waals surface area contributed by atoms with Crippen molar-refractivity contribution in [2.24, 2.45) is 0 Å². The summed E-state index contributed by atoms with van der Waals surface area (Å²) in [5.41, 5.74) is 8.03. The zero-order chi connectivity index (χ0) is 13.9. The van der Waals surface area contributed by atoms with Gasteiger partial charge in [0.15, 0.2) is 0 Å². The summed E-state index contributed by atoms with van der Waals surface area (Å²) in [5.74, 6) is -0.217. The Bertz CT molecular complexity index is 586. The van der Waals surface area contributed by atoms with Gasteiger partial charge in [-0.25, -0.2) is 4.39 Å². The van der Waals surface area contributed by atoms with Gasteiger partial charge < -0.3 is 5.73 Å². The Balaban J connectivity index is 1.79. The topological polar surface area (TPSA) is 42.1 Å². The number of rotatable bonds is 3. The lowest BCUT2D eigenvalue weighted by Gasteiger charge is -2.25. The predicted molar refractivity (Wildman–Crippen MR) is 77.4 cm³/mol. The third kappa shape index (κ3) is 2.65. The molecule has 0 saturated carbocycles. The highest BCUT2D eigenvalue weighted by Gasteiger charge is 2.26. The van der Waals surface area contributed by atoms with Crippen molar-refractivity contribution in [3.8, 4) is 0 Å². The molecule has 0 amide bonds. The average Bonchev–Trinajstić information content (AvgIpc) is 2.91. The van der Waals surface area contributed by atoms with Crippen molar-refractivity contribution in [2.75, 3.05) is 12.3 Å². The fourth-order valence-electron chi connectivity index (χ4n) is 2.89. The molecule has 3 nitrogen and oxygen atoms in total. The van der Waals surface area contributed by atoms with E-state index < -0.39 is 0 Å². The van der Waals surface area contributed by atoms with E-state index >= 15 is 0 Å². The van der Waals surface area contributed by atoms with Gasteiger partial charge in [0.25, 0.3) is 0 Å². The van der Waals surface area contributed by atoms with Gasteiger partial charge in [0.05, 0.1) is 0 Å². The molecule has 4 heteroatoms. The standard InChI is InChI=1S/C16H18FN3/c17-15-10-14(18)4-3-13(15)11-20-9-1-2-16(20)12-5-7-19-8-6-12/h3-8,10,16H,1-2,9,11,18H2. The molecule has 3 rings (SSSR count). The largest absolute Gasteiger partial charge is 0.399 e. The number of aromatic nitrogens is 1. The van der Waals surface area contributed by atoms with Crippen molar-refractivity contribution >= 4 is 5.69 Å². The van der Waals surface area contributed by atoms with Crippen LogP contribution in [0.4, 0.5) is 10.1 Å². The maximum absolute atomic E-state index is 13.9. The SMILES string of the molecule is Nc1ccc(CN2CCCC2c2ccncc2)c(F)c1. The Kier molecular flexibility index (Phi) is 3.65. The predicted octanol–water partition coefficient (Wildman–Crippen LogP) is 3.14. The number of nitrogen functional groups attached to an aromatic ring is 1. The summed E-state index contributed by atoms with van der Waals surface area (Å²) in [6.45, 7) is 1.62. The second-order valence-corrected chi connectivity index (χ2v) is 5.26. The molecule has 0 bridgehead atoms. The summed E-state index contributed by atoms with van der Waals surface area (Å²) in [6, 6.07) is 9.38. The lowest BCUT2D eigenvalue weighted by Crippen LogP contribution is -2.23. The molecule has 20 heavy (non-hydrogen) atoms. The first-order chi connectivity index (χ1) is 9.74. The zero-order valence-corrected chi connectivity index (χ0v) is 11.3. The molecule has 104 valence electrons. The summed E-state index contributed by atoms with van der Waals surface area (Å²) in [7, 11) is 0. The fraction of sp³-hybridized carbons (Fsp3) is 0.312. The van der Waals surface area contributed by atoms with Gasteiger partial charge in [-0.05, 0) is 49.2 Å². The van der Waals surface area contributed by atoms with E-state index in [4.69, 9.17) is 5.73 Å². The highest BCUT2D eigenvalue weighted by atomic mass is 19.1. The van der Waals surface area contributed by atoms with Crippen molar-refractivity contribution in [3.05, 3.63) is 59.7 Å². The van der Waals surface area contributed by atoms with Crippen LogP contribution in [-0.4, -0.2) is 16.4 Å². The lowest BCUT2D eigenvalue weighted by atomic mass is 10.1. The molecule has 1 unspecified atom stereocenters. The fourth-order valence-corrected chi connectivity index (χ4v) is 2.89. The van der Waals surface area contributed by atoms with E-state index in [0.717, 1.165) is 19.4 Å². The van der Waals surface area contributed by atoms with Gasteiger partial charge in [0.1, 0.15) is 5.82 Å². The molecule has 2 N–H and O–H groups in total. The van der Waals surface area contributed by atoms with Crippen LogP contribution in [0.5, 0.6) is 0 Å². The van der Waals surface area contributed by atoms with Crippen molar-refractivity contribution in [3.63, 3.8) is 0 Å². The summed E-state index contributed by atoms with van der Waals surface area (Å²) in [6.07, 6.45) is 5.88. The second-order valence-electron chi connectivity index (χ2n) is 5.26. The molecule has 1 aliphatic rings. The van der Waals surface area contributed by atoms with Crippen LogP contribution in [-0.2, 0) is 6.54 Å². The van der Waals surface area contributed by atoms with E-state index in [1.54, 1.807) is 12.1 Å². The zero-order valence-electron chi connectivity index (χ0n) is 11.3. The number of nitrogens with two attached hydrogens (primary N) is 1. The van der Waals surface area contributed by atoms with E-state index in [2.05, 4.69) is 9.88 Å². The van der Waals surface area contributed by atoms with Crippen LogP contribution < -0.4 is 5.73 Å². The smallest absolute Gasteiger partial charge is 0.129 e. The van der Waals surface area contributed by atoms with E-state index in [-0.39, 0.29) is 5.82 Å².